The van der Waals surface area contributed by atoms with E-state index in [0.29, 0.717) is 6.07 Å². The van der Waals surface area contributed by atoms with Gasteiger partial charge in [-0.25, -0.2) is 9.59 Å². The van der Waals surface area contributed by atoms with E-state index in [4.69, 9.17) is 9.84 Å². The summed E-state index contributed by atoms with van der Waals surface area (Å²) in [6, 6.07) is 5.59. The van der Waals surface area contributed by atoms with Gasteiger partial charge in [0, 0.05) is 12.1 Å². The van der Waals surface area contributed by atoms with E-state index in [9.17, 15) is 34.9 Å². The highest BCUT2D eigenvalue weighted by Gasteiger charge is 2.27. The van der Waals surface area contributed by atoms with Crippen LogP contribution in [-0.2, 0) is 0 Å². The largest absolute Gasteiger partial charge is 0.502 e. The van der Waals surface area contributed by atoms with E-state index in [2.05, 4.69) is 0 Å². The Morgan fingerprint density at radius 3 is 2.20 bits per heavy atom. The van der Waals surface area contributed by atoms with Gasteiger partial charge in [-0.3, -0.25) is 20.2 Å². The van der Waals surface area contributed by atoms with Gasteiger partial charge in [0.1, 0.15) is 5.56 Å². The van der Waals surface area contributed by atoms with Gasteiger partial charge < -0.3 is 14.9 Å². The molecule has 0 atom stereocenters. The second-order valence-electron chi connectivity index (χ2n) is 4.57. The van der Waals surface area contributed by atoms with E-state index >= 15 is 0 Å². The van der Waals surface area contributed by atoms with Gasteiger partial charge >= 0.3 is 23.3 Å². The molecule has 0 unspecified atom stereocenters. The molecule has 11 nitrogen and oxygen atoms in total. The van der Waals surface area contributed by atoms with E-state index < -0.39 is 55.8 Å². The van der Waals surface area contributed by atoms with Crippen LogP contribution in [-0.4, -0.2) is 32.0 Å². The first kappa shape index (κ1) is 17.3. The van der Waals surface area contributed by atoms with Crippen LogP contribution in [0.25, 0.3) is 0 Å². The van der Waals surface area contributed by atoms with Gasteiger partial charge in [0.05, 0.1) is 15.4 Å². The first-order valence-corrected chi connectivity index (χ1v) is 6.42. The Kier molecular flexibility index (Phi) is 4.59. The number of benzene rings is 2. The SMILES string of the molecule is O=C(Oc1c(C(=O)O)cccc1[N+](=O)[O-])c1ccc(O)c([N+](=O)[O-])c1. The Balaban J connectivity index is 2.48. The number of phenolic OH excluding ortho intramolecular Hbond substituents is 1. The Morgan fingerprint density at radius 2 is 1.64 bits per heavy atom. The van der Waals surface area contributed by atoms with E-state index in [1.807, 2.05) is 0 Å². The van der Waals surface area contributed by atoms with E-state index in [1.165, 1.54) is 0 Å². The summed E-state index contributed by atoms with van der Waals surface area (Å²) in [5.74, 6) is -4.33. The van der Waals surface area contributed by atoms with Gasteiger partial charge in [0.25, 0.3) is 0 Å². The van der Waals surface area contributed by atoms with Crippen LogP contribution in [0.1, 0.15) is 20.7 Å². The van der Waals surface area contributed by atoms with Crippen molar-refractivity contribution in [1.82, 2.24) is 0 Å². The summed E-state index contributed by atoms with van der Waals surface area (Å²) in [6.45, 7) is 0. The summed E-state index contributed by atoms with van der Waals surface area (Å²) in [6.07, 6.45) is 0. The number of aromatic carboxylic acids is 1. The van der Waals surface area contributed by atoms with E-state index in [0.717, 1.165) is 30.3 Å². The molecule has 0 heterocycles. The van der Waals surface area contributed by atoms with Crippen LogP contribution >= 0.6 is 0 Å². The summed E-state index contributed by atoms with van der Waals surface area (Å²) in [4.78, 5) is 43.2. The number of nitro groups is 2. The number of carbonyl (C=O) groups excluding carboxylic acids is 1. The fraction of sp³-hybridized carbons (Fsp3) is 0. The van der Waals surface area contributed by atoms with Crippen molar-refractivity contribution in [2.75, 3.05) is 0 Å². The number of nitrogens with zero attached hydrogens (tertiary/aromatic N) is 2. The quantitative estimate of drug-likeness (QED) is 0.355. The van der Waals surface area contributed by atoms with Crippen molar-refractivity contribution in [3.8, 4) is 11.5 Å². The lowest BCUT2D eigenvalue weighted by Crippen LogP contribution is -2.13. The van der Waals surface area contributed by atoms with Crippen molar-refractivity contribution >= 4 is 23.3 Å². The molecule has 11 heteroatoms. The number of esters is 1. The number of aromatic hydroxyl groups is 1. The fourth-order valence-corrected chi connectivity index (χ4v) is 1.89. The molecular weight excluding hydrogens is 340 g/mol. The molecule has 0 aliphatic rings. The molecule has 2 rings (SSSR count). The predicted octanol–water partition coefficient (Wildman–Crippen LogP) is 2.13. The van der Waals surface area contributed by atoms with Crippen molar-refractivity contribution < 1.29 is 34.4 Å². The number of carboxylic acids is 1. The second-order valence-corrected chi connectivity index (χ2v) is 4.57. The molecule has 25 heavy (non-hydrogen) atoms. The number of rotatable bonds is 5. The Morgan fingerprint density at radius 1 is 1.00 bits per heavy atom. The third kappa shape index (κ3) is 3.50. The molecule has 0 aromatic heterocycles. The number of carboxylic acid groups (broad SMARTS) is 1. The zero-order chi connectivity index (χ0) is 18.7. The minimum absolute atomic E-state index is 0.404. The molecule has 2 aromatic rings. The van der Waals surface area contributed by atoms with Crippen LogP contribution < -0.4 is 4.74 Å². The Hall–Kier alpha value is -4.02. The van der Waals surface area contributed by atoms with Gasteiger partial charge in [-0.1, -0.05) is 6.07 Å². The molecule has 0 bridgehead atoms. The van der Waals surface area contributed by atoms with Crippen LogP contribution in [0, 0.1) is 20.2 Å². The lowest BCUT2D eigenvalue weighted by molar-refractivity contribution is -0.385. The molecule has 2 N–H and O–H groups in total. The standard InChI is InChI=1S/C14H8N2O9/c17-11-5-4-7(6-10(11)16(23)24)14(20)25-12-8(13(18)19)2-1-3-9(12)15(21)22/h1-6,17H,(H,18,19). The number of hydrogen-bond acceptors (Lipinski definition) is 8. The molecular formula is C14H8N2O9. The fourth-order valence-electron chi connectivity index (χ4n) is 1.89. The highest BCUT2D eigenvalue weighted by molar-refractivity contribution is 5.97. The maximum atomic E-state index is 12.1. The van der Waals surface area contributed by atoms with Crippen LogP contribution in [0.2, 0.25) is 0 Å². The van der Waals surface area contributed by atoms with Crippen molar-refractivity contribution in [3.63, 3.8) is 0 Å². The average Bonchev–Trinajstić information content (AvgIpc) is 2.54. The third-order valence-electron chi connectivity index (χ3n) is 3.02. The van der Waals surface area contributed by atoms with Crippen molar-refractivity contribution in [3.05, 3.63) is 67.8 Å². The summed E-state index contributed by atoms with van der Waals surface area (Å²) in [5.41, 5.74) is -2.58. The predicted molar refractivity (Wildman–Crippen MR) is 79.8 cm³/mol. The third-order valence-corrected chi connectivity index (χ3v) is 3.02. The van der Waals surface area contributed by atoms with Crippen LogP contribution in [0.5, 0.6) is 11.5 Å². The first-order valence-electron chi connectivity index (χ1n) is 6.42. The maximum Gasteiger partial charge on any atom is 0.344 e. The minimum Gasteiger partial charge on any atom is -0.502 e. The van der Waals surface area contributed by atoms with Crippen molar-refractivity contribution in [1.29, 1.82) is 0 Å². The molecule has 0 spiro atoms. The summed E-state index contributed by atoms with van der Waals surface area (Å²) in [5, 5.41) is 40.2. The molecule has 0 fully saturated rings. The van der Waals surface area contributed by atoms with Gasteiger partial charge in [-0.15, -0.1) is 0 Å². The normalized spacial score (nSPS) is 10.1. The van der Waals surface area contributed by atoms with E-state index in [-0.39, 0.29) is 0 Å². The second kappa shape index (κ2) is 6.62. The zero-order valence-corrected chi connectivity index (χ0v) is 12.1. The number of para-hydroxylation sites is 1. The highest BCUT2D eigenvalue weighted by Crippen LogP contribution is 2.32. The number of phenols is 1. The maximum absolute atomic E-state index is 12.1. The van der Waals surface area contributed by atoms with Crippen molar-refractivity contribution in [2.45, 2.75) is 0 Å². The van der Waals surface area contributed by atoms with Crippen LogP contribution in [0.4, 0.5) is 11.4 Å². The molecule has 0 saturated carbocycles. The molecule has 0 amide bonds. The summed E-state index contributed by atoms with van der Waals surface area (Å²) in [7, 11) is 0. The zero-order valence-electron chi connectivity index (χ0n) is 12.1. The topological polar surface area (TPSA) is 170 Å². The molecule has 0 radical (unpaired) electrons. The smallest absolute Gasteiger partial charge is 0.344 e. The van der Waals surface area contributed by atoms with E-state index in [1.54, 1.807) is 0 Å². The van der Waals surface area contributed by atoms with Crippen molar-refractivity contribution in [2.24, 2.45) is 0 Å². The first-order chi connectivity index (χ1) is 11.7. The summed E-state index contributed by atoms with van der Waals surface area (Å²) >= 11 is 0. The molecule has 0 aliphatic heterocycles. The summed E-state index contributed by atoms with van der Waals surface area (Å²) < 4.78 is 4.79. The minimum atomic E-state index is -1.57. The van der Waals surface area contributed by atoms with Gasteiger partial charge in [-0.05, 0) is 18.2 Å². The van der Waals surface area contributed by atoms with Gasteiger partial charge in [0.15, 0.2) is 5.75 Å². The Labute approximate surface area is 138 Å². The molecule has 0 aliphatic carbocycles. The van der Waals surface area contributed by atoms with Crippen LogP contribution in [0.3, 0.4) is 0 Å². The average molecular weight is 348 g/mol. The molecule has 0 saturated heterocycles. The van der Waals surface area contributed by atoms with Crippen LogP contribution in [0.15, 0.2) is 36.4 Å². The number of carbonyl (C=O) groups is 2. The van der Waals surface area contributed by atoms with Gasteiger partial charge in [-0.2, -0.15) is 0 Å². The molecule has 2 aromatic carbocycles. The number of hydrogen-bond donors (Lipinski definition) is 2. The monoisotopic (exact) mass is 348 g/mol. The highest BCUT2D eigenvalue weighted by atomic mass is 16.6. The number of nitro benzene ring substituents is 2. The molecule has 128 valence electrons. The van der Waals surface area contributed by atoms with Gasteiger partial charge in [0.2, 0.25) is 5.75 Å². The number of ether oxygens (including phenoxy) is 1. The lowest BCUT2D eigenvalue weighted by atomic mass is 10.1. The Bertz CT molecular complexity index is 875. The lowest BCUT2D eigenvalue weighted by Gasteiger charge is -2.08.